The molecule has 1 aliphatic heterocycles. The number of anilines is 2. The molecule has 1 atom stereocenters. The van der Waals surface area contributed by atoms with Crippen LogP contribution in [0.1, 0.15) is 50.9 Å². The van der Waals surface area contributed by atoms with E-state index in [0.29, 0.717) is 18.9 Å². The number of hydrogen-bond acceptors (Lipinski definition) is 5. The van der Waals surface area contributed by atoms with Crippen LogP contribution in [-0.2, 0) is 29.5 Å². The van der Waals surface area contributed by atoms with Crippen molar-refractivity contribution in [3.63, 3.8) is 0 Å². The van der Waals surface area contributed by atoms with Crippen LogP contribution < -0.4 is 5.32 Å². The fraction of sp³-hybridized carbons (Fsp3) is 0.500. The van der Waals surface area contributed by atoms with Gasteiger partial charge in [0.15, 0.2) is 0 Å². The summed E-state index contributed by atoms with van der Waals surface area (Å²) in [6.45, 7) is 9.12. The van der Waals surface area contributed by atoms with Crippen molar-refractivity contribution in [2.45, 2.75) is 57.2 Å². The number of hydrogen-bond donors (Lipinski definition) is 1. The third kappa shape index (κ3) is 5.64. The van der Waals surface area contributed by atoms with Crippen molar-refractivity contribution in [1.29, 1.82) is 0 Å². The average Bonchev–Trinajstić information content (AvgIpc) is 2.61. The molecular formula is C20H26N4O2SU-2. The smallest absolute Gasteiger partial charge is 0.227 e. The van der Waals surface area contributed by atoms with Crippen LogP contribution in [0.3, 0.4) is 0 Å². The predicted molar refractivity (Wildman–Crippen MR) is 108 cm³/mol. The Kier molecular flexibility index (Phi) is 7.85. The van der Waals surface area contributed by atoms with Gasteiger partial charge in [-0.25, -0.2) is 9.97 Å². The van der Waals surface area contributed by atoms with E-state index in [-0.39, 0.29) is 36.5 Å². The SMILES string of the molecule is CC(C)(CC(C)(C)S(=O)[O-])c1cccc(Nc2ncc3c(n2)C[N-]CC3)c1.[U]. The maximum absolute atomic E-state index is 11.5. The molecule has 0 saturated carbocycles. The summed E-state index contributed by atoms with van der Waals surface area (Å²) < 4.78 is 22.2. The van der Waals surface area contributed by atoms with Gasteiger partial charge in [0, 0.05) is 53.4 Å². The summed E-state index contributed by atoms with van der Waals surface area (Å²) in [6.07, 6.45) is 3.30. The van der Waals surface area contributed by atoms with E-state index in [1.165, 1.54) is 5.56 Å². The Morgan fingerprint density at radius 1 is 1.29 bits per heavy atom. The van der Waals surface area contributed by atoms with E-state index in [1.54, 1.807) is 13.8 Å². The Bertz CT molecular complexity index is 858. The fourth-order valence-electron chi connectivity index (χ4n) is 3.60. The number of nitrogens with zero attached hydrogens (tertiary/aromatic N) is 3. The van der Waals surface area contributed by atoms with Crippen molar-refractivity contribution in [3.05, 3.63) is 52.6 Å². The van der Waals surface area contributed by atoms with Crippen molar-refractivity contribution < 1.29 is 39.9 Å². The van der Waals surface area contributed by atoms with Gasteiger partial charge in [-0.3, -0.25) is 4.21 Å². The second-order valence-corrected chi connectivity index (χ2v) is 9.86. The van der Waals surface area contributed by atoms with Crippen LogP contribution in [0.4, 0.5) is 11.6 Å². The second kappa shape index (κ2) is 9.36. The molecule has 1 aliphatic rings. The maximum Gasteiger partial charge on any atom is 0.227 e. The Balaban J connectivity index is 0.00000280. The topological polar surface area (TPSA) is 92.0 Å². The molecule has 0 aliphatic carbocycles. The van der Waals surface area contributed by atoms with Gasteiger partial charge in [-0.1, -0.05) is 26.0 Å². The molecule has 3 rings (SSSR count). The minimum atomic E-state index is -2.13. The van der Waals surface area contributed by atoms with Crippen LogP contribution in [-0.4, -0.2) is 30.0 Å². The van der Waals surface area contributed by atoms with Gasteiger partial charge in [0.2, 0.25) is 5.95 Å². The molecule has 2 heterocycles. The van der Waals surface area contributed by atoms with Crippen molar-refractivity contribution >= 4 is 22.7 Å². The molecule has 0 bridgehead atoms. The number of nitrogens with one attached hydrogen (secondary N) is 1. The van der Waals surface area contributed by atoms with E-state index in [4.69, 9.17) is 0 Å². The van der Waals surface area contributed by atoms with Crippen molar-refractivity contribution in [3.8, 4) is 0 Å². The fourth-order valence-corrected chi connectivity index (χ4v) is 4.08. The van der Waals surface area contributed by atoms with E-state index >= 15 is 0 Å². The molecule has 0 radical (unpaired) electrons. The van der Waals surface area contributed by atoms with E-state index in [2.05, 4.69) is 34.4 Å². The van der Waals surface area contributed by atoms with E-state index in [1.807, 2.05) is 30.5 Å². The molecule has 0 amide bonds. The summed E-state index contributed by atoms with van der Waals surface area (Å²) in [7, 11) is 0. The van der Waals surface area contributed by atoms with E-state index in [0.717, 1.165) is 29.9 Å². The summed E-state index contributed by atoms with van der Waals surface area (Å²) in [6, 6.07) is 8.00. The molecule has 0 spiro atoms. The van der Waals surface area contributed by atoms with Crippen LogP contribution in [0.15, 0.2) is 30.5 Å². The number of fused-ring (bicyclic) bond motifs is 1. The number of rotatable bonds is 6. The van der Waals surface area contributed by atoms with Crippen molar-refractivity contribution in [2.75, 3.05) is 11.9 Å². The molecule has 1 unspecified atom stereocenters. The first-order chi connectivity index (χ1) is 12.7. The third-order valence-corrected chi connectivity index (χ3v) is 6.02. The summed E-state index contributed by atoms with van der Waals surface area (Å²) in [5.41, 5.74) is 3.80. The maximum atomic E-state index is 11.5. The monoisotopic (exact) mass is 624 g/mol. The summed E-state index contributed by atoms with van der Waals surface area (Å²) in [5, 5.41) is 7.66. The summed E-state index contributed by atoms with van der Waals surface area (Å²) in [4.78, 5) is 9.00. The standard InChI is InChI=1S/C20H27N4O2S.U/c1-19(2,13-20(3,4)27(25)26)15-6-5-7-16(10-15)23-18-22-11-14-8-9-21-12-17(14)24-18;/h5-7,10-11H,8-9,12-13H2,1-4H3,(H,25,26)(H,22,23,24);/q-1;/p-1. The van der Waals surface area contributed by atoms with Crippen LogP contribution in [0, 0.1) is 31.1 Å². The van der Waals surface area contributed by atoms with Gasteiger partial charge in [0.1, 0.15) is 0 Å². The van der Waals surface area contributed by atoms with E-state index in [9.17, 15) is 8.76 Å². The van der Waals surface area contributed by atoms with Crippen LogP contribution in [0.5, 0.6) is 0 Å². The van der Waals surface area contributed by atoms with Gasteiger partial charge in [-0.15, -0.1) is 13.1 Å². The Hall–Kier alpha value is -0.778. The summed E-state index contributed by atoms with van der Waals surface area (Å²) in [5.74, 6) is 0.557. The molecule has 6 nitrogen and oxygen atoms in total. The minimum Gasteiger partial charge on any atom is -0.772 e. The number of aromatic nitrogens is 2. The molecule has 1 aromatic heterocycles. The minimum absolute atomic E-state index is 0. The van der Waals surface area contributed by atoms with Gasteiger partial charge in [-0.2, -0.15) is 0 Å². The van der Waals surface area contributed by atoms with Crippen LogP contribution in [0.2, 0.25) is 0 Å². The molecule has 1 N–H and O–H groups in total. The van der Waals surface area contributed by atoms with Gasteiger partial charge in [0.25, 0.3) is 0 Å². The Morgan fingerprint density at radius 2 is 2.04 bits per heavy atom. The first-order valence-corrected chi connectivity index (χ1v) is 10.2. The normalized spacial score (nSPS) is 15.3. The quantitative estimate of drug-likeness (QED) is 0.492. The first kappa shape index (κ1) is 23.5. The van der Waals surface area contributed by atoms with Gasteiger partial charge in [0.05, 0.1) is 0 Å². The Labute approximate surface area is 193 Å². The van der Waals surface area contributed by atoms with Gasteiger partial charge in [-0.05, 0) is 66.4 Å². The van der Waals surface area contributed by atoms with Crippen LogP contribution >= 0.6 is 0 Å². The third-order valence-electron chi connectivity index (χ3n) is 4.97. The zero-order valence-electron chi connectivity index (χ0n) is 16.8. The first-order valence-electron chi connectivity index (χ1n) is 9.12. The predicted octanol–water partition coefficient (Wildman–Crippen LogP) is 3.98. The zero-order valence-corrected chi connectivity index (χ0v) is 21.8. The zero-order chi connectivity index (χ0) is 19.7. The molecule has 8 heteroatoms. The summed E-state index contributed by atoms with van der Waals surface area (Å²) >= 11 is -2.13. The molecule has 0 fully saturated rings. The second-order valence-electron chi connectivity index (χ2n) is 8.28. The molecule has 150 valence electrons. The van der Waals surface area contributed by atoms with Gasteiger partial charge >= 0.3 is 0 Å². The van der Waals surface area contributed by atoms with Crippen LogP contribution in [0.25, 0.3) is 5.32 Å². The van der Waals surface area contributed by atoms with Crippen molar-refractivity contribution in [1.82, 2.24) is 9.97 Å². The largest absolute Gasteiger partial charge is 0.772 e. The molecule has 0 saturated heterocycles. The average molecular weight is 625 g/mol. The van der Waals surface area contributed by atoms with E-state index < -0.39 is 15.8 Å². The molecule has 1 aromatic carbocycles. The Morgan fingerprint density at radius 3 is 2.75 bits per heavy atom. The molecule has 2 aromatic rings. The molecular weight excluding hydrogens is 598 g/mol. The van der Waals surface area contributed by atoms with Gasteiger partial charge < -0.3 is 15.2 Å². The molecule has 28 heavy (non-hydrogen) atoms. The van der Waals surface area contributed by atoms with Crippen molar-refractivity contribution in [2.24, 2.45) is 0 Å². The number of benzene rings is 1.